The third kappa shape index (κ3) is 1.96. The number of benzene rings is 1. The van der Waals surface area contributed by atoms with Gasteiger partial charge in [-0.15, -0.1) is 0 Å². The van der Waals surface area contributed by atoms with Crippen molar-refractivity contribution in [2.45, 2.75) is 6.04 Å². The summed E-state index contributed by atoms with van der Waals surface area (Å²) in [7, 11) is 0. The second-order valence-electron chi connectivity index (χ2n) is 3.94. The smallest absolute Gasteiger partial charge is 0.266 e. The van der Waals surface area contributed by atoms with E-state index in [0.717, 1.165) is 11.3 Å². The van der Waals surface area contributed by atoms with Crippen LogP contribution in [0.25, 0.3) is 0 Å². The average Bonchev–Trinajstić information content (AvgIpc) is 2.79. The monoisotopic (exact) mass is 355 g/mol. The van der Waals surface area contributed by atoms with Gasteiger partial charge in [0.2, 0.25) is 0 Å². The van der Waals surface area contributed by atoms with Crippen LogP contribution in [0.2, 0.25) is 0 Å². The van der Waals surface area contributed by atoms with Crippen molar-refractivity contribution in [1.82, 2.24) is 9.97 Å². The minimum atomic E-state index is -0.139. The highest BCUT2D eigenvalue weighted by Gasteiger charge is 2.24. The zero-order valence-corrected chi connectivity index (χ0v) is 11.5. The van der Waals surface area contributed by atoms with Gasteiger partial charge in [0.1, 0.15) is 21.7 Å². The van der Waals surface area contributed by atoms with E-state index >= 15 is 0 Å². The molecule has 1 unspecified atom stereocenters. The fraction of sp³-hybridized carbons (Fsp3) is 0.167. The minimum Gasteiger partial charge on any atom is -0.491 e. The number of anilines is 1. The van der Waals surface area contributed by atoms with Crippen LogP contribution in [0.4, 0.5) is 5.82 Å². The Balaban J connectivity index is 1.91. The van der Waals surface area contributed by atoms with E-state index in [1.807, 2.05) is 46.9 Å². The van der Waals surface area contributed by atoms with Crippen molar-refractivity contribution < 1.29 is 4.74 Å². The zero-order valence-electron chi connectivity index (χ0n) is 9.31. The Morgan fingerprint density at radius 1 is 1.44 bits per heavy atom. The van der Waals surface area contributed by atoms with Gasteiger partial charge in [0.15, 0.2) is 0 Å². The first kappa shape index (κ1) is 11.5. The Morgan fingerprint density at radius 3 is 3.17 bits per heavy atom. The fourth-order valence-electron chi connectivity index (χ4n) is 1.93. The van der Waals surface area contributed by atoms with Gasteiger partial charge in [-0.3, -0.25) is 4.79 Å². The fourth-order valence-corrected chi connectivity index (χ4v) is 2.38. The molecule has 0 spiro atoms. The third-order valence-electron chi connectivity index (χ3n) is 2.81. The molecule has 5 nitrogen and oxygen atoms in total. The van der Waals surface area contributed by atoms with Crippen LogP contribution in [0.15, 0.2) is 35.4 Å². The van der Waals surface area contributed by atoms with Gasteiger partial charge in [0.25, 0.3) is 5.56 Å². The van der Waals surface area contributed by atoms with Crippen molar-refractivity contribution in [3.8, 4) is 5.75 Å². The van der Waals surface area contributed by atoms with E-state index in [1.54, 1.807) is 0 Å². The highest BCUT2D eigenvalue weighted by atomic mass is 127. The number of halogens is 1. The maximum Gasteiger partial charge on any atom is 0.266 e. The molecule has 6 heteroatoms. The molecular formula is C12H10IN3O2. The molecule has 0 saturated heterocycles. The van der Waals surface area contributed by atoms with Crippen LogP contribution in [-0.4, -0.2) is 16.6 Å². The molecule has 2 heterocycles. The van der Waals surface area contributed by atoms with Gasteiger partial charge in [-0.05, 0) is 28.7 Å². The Hall–Kier alpha value is -1.57. The predicted octanol–water partition coefficient (Wildman–Crippen LogP) is 1.92. The van der Waals surface area contributed by atoms with Crippen molar-refractivity contribution in [2.75, 3.05) is 11.9 Å². The lowest BCUT2D eigenvalue weighted by molar-refractivity contribution is 0.339. The minimum absolute atomic E-state index is 0.0315. The van der Waals surface area contributed by atoms with Crippen molar-refractivity contribution in [3.63, 3.8) is 0 Å². The lowest BCUT2D eigenvalue weighted by Crippen LogP contribution is -2.18. The SMILES string of the molecule is O=c1[nH]cnc(NC2COc3ccccc32)c1I. The molecule has 3 rings (SSSR count). The topological polar surface area (TPSA) is 67.0 Å². The number of aromatic amines is 1. The number of nitrogens with zero attached hydrogens (tertiary/aromatic N) is 1. The number of rotatable bonds is 2. The van der Waals surface area contributed by atoms with E-state index < -0.39 is 0 Å². The lowest BCUT2D eigenvalue weighted by atomic mass is 10.1. The zero-order chi connectivity index (χ0) is 12.5. The van der Waals surface area contributed by atoms with Gasteiger partial charge in [-0.2, -0.15) is 0 Å². The van der Waals surface area contributed by atoms with Crippen molar-refractivity contribution in [3.05, 3.63) is 50.1 Å². The quantitative estimate of drug-likeness (QED) is 0.808. The maximum absolute atomic E-state index is 11.5. The van der Waals surface area contributed by atoms with E-state index in [9.17, 15) is 4.79 Å². The van der Waals surface area contributed by atoms with Crippen LogP contribution >= 0.6 is 22.6 Å². The molecule has 2 aromatic rings. The summed E-state index contributed by atoms with van der Waals surface area (Å²) in [4.78, 5) is 18.2. The summed E-state index contributed by atoms with van der Waals surface area (Å²) >= 11 is 1.98. The second kappa shape index (κ2) is 4.60. The first-order valence-electron chi connectivity index (χ1n) is 5.47. The van der Waals surface area contributed by atoms with Crippen molar-refractivity contribution >= 4 is 28.4 Å². The summed E-state index contributed by atoms with van der Waals surface area (Å²) < 4.78 is 6.13. The molecule has 0 saturated carbocycles. The van der Waals surface area contributed by atoms with Crippen LogP contribution in [0.1, 0.15) is 11.6 Å². The first-order chi connectivity index (χ1) is 8.75. The predicted molar refractivity (Wildman–Crippen MR) is 75.9 cm³/mol. The molecule has 1 aliphatic rings. The van der Waals surface area contributed by atoms with Gasteiger partial charge in [0.05, 0.1) is 12.4 Å². The van der Waals surface area contributed by atoms with Gasteiger partial charge in [-0.1, -0.05) is 18.2 Å². The normalized spacial score (nSPS) is 17.1. The molecule has 1 aromatic heterocycles. The van der Waals surface area contributed by atoms with Gasteiger partial charge < -0.3 is 15.0 Å². The Labute approximate surface area is 117 Å². The Bertz CT molecular complexity index is 641. The van der Waals surface area contributed by atoms with E-state index in [2.05, 4.69) is 15.3 Å². The van der Waals surface area contributed by atoms with Crippen LogP contribution in [0.5, 0.6) is 5.75 Å². The molecule has 1 atom stereocenters. The highest BCUT2D eigenvalue weighted by Crippen LogP contribution is 2.33. The number of para-hydroxylation sites is 1. The molecule has 0 radical (unpaired) electrons. The second-order valence-corrected chi connectivity index (χ2v) is 5.02. The highest BCUT2D eigenvalue weighted by molar-refractivity contribution is 14.1. The summed E-state index contributed by atoms with van der Waals surface area (Å²) in [5.74, 6) is 1.47. The number of H-pyrrole nitrogens is 1. The van der Waals surface area contributed by atoms with E-state index in [1.165, 1.54) is 6.33 Å². The summed E-state index contributed by atoms with van der Waals surface area (Å²) in [6, 6.07) is 7.89. The Morgan fingerprint density at radius 2 is 2.28 bits per heavy atom. The molecule has 92 valence electrons. The van der Waals surface area contributed by atoms with Gasteiger partial charge in [-0.25, -0.2) is 4.98 Å². The molecule has 0 amide bonds. The largest absolute Gasteiger partial charge is 0.491 e. The van der Waals surface area contributed by atoms with Crippen molar-refractivity contribution in [1.29, 1.82) is 0 Å². The Kier molecular flexibility index (Phi) is 2.94. The van der Waals surface area contributed by atoms with Gasteiger partial charge in [0, 0.05) is 5.56 Å². The molecule has 2 N–H and O–H groups in total. The van der Waals surface area contributed by atoms with Crippen molar-refractivity contribution in [2.24, 2.45) is 0 Å². The number of aromatic nitrogens is 2. The van der Waals surface area contributed by atoms with E-state index in [-0.39, 0.29) is 11.6 Å². The number of fused-ring (bicyclic) bond motifs is 1. The average molecular weight is 355 g/mol. The molecule has 1 aliphatic heterocycles. The molecular weight excluding hydrogens is 345 g/mol. The summed E-state index contributed by atoms with van der Waals surface area (Å²) in [6.45, 7) is 0.546. The van der Waals surface area contributed by atoms with E-state index in [4.69, 9.17) is 4.74 Å². The van der Waals surface area contributed by atoms with Crippen LogP contribution in [-0.2, 0) is 0 Å². The number of ether oxygens (including phenoxy) is 1. The number of hydrogen-bond acceptors (Lipinski definition) is 4. The number of nitrogens with one attached hydrogen (secondary N) is 2. The van der Waals surface area contributed by atoms with Gasteiger partial charge >= 0.3 is 0 Å². The molecule has 1 aromatic carbocycles. The van der Waals surface area contributed by atoms with Crippen LogP contribution < -0.4 is 15.6 Å². The summed E-state index contributed by atoms with van der Waals surface area (Å²) in [5, 5.41) is 3.24. The molecule has 0 aliphatic carbocycles. The summed E-state index contributed by atoms with van der Waals surface area (Å²) in [5.41, 5.74) is 0.954. The van der Waals surface area contributed by atoms with Crippen LogP contribution in [0, 0.1) is 3.57 Å². The summed E-state index contributed by atoms with van der Waals surface area (Å²) in [6.07, 6.45) is 1.40. The molecule has 0 bridgehead atoms. The molecule has 0 fully saturated rings. The number of hydrogen-bond donors (Lipinski definition) is 2. The van der Waals surface area contributed by atoms with E-state index in [0.29, 0.717) is 16.0 Å². The lowest BCUT2D eigenvalue weighted by Gasteiger charge is -2.12. The third-order valence-corrected chi connectivity index (χ3v) is 3.81. The standard InChI is InChI=1S/C12H10IN3O2/c13-10-11(14-6-15-12(10)17)16-8-5-18-9-4-2-1-3-7(8)9/h1-4,6,8H,5H2,(H2,14,15,16,17). The molecule has 18 heavy (non-hydrogen) atoms. The van der Waals surface area contributed by atoms with Crippen LogP contribution in [0.3, 0.4) is 0 Å². The first-order valence-corrected chi connectivity index (χ1v) is 6.55. The maximum atomic E-state index is 11.5.